The van der Waals surface area contributed by atoms with E-state index >= 15 is 0 Å². The third-order valence-electron chi connectivity index (χ3n) is 3.31. The van der Waals surface area contributed by atoms with Gasteiger partial charge in [-0.05, 0) is 19.1 Å². The van der Waals surface area contributed by atoms with Crippen LogP contribution in [0.4, 0.5) is 0 Å². The van der Waals surface area contributed by atoms with Gasteiger partial charge in [-0.25, -0.2) is 5.43 Å². The molecule has 1 unspecified atom stereocenters. The summed E-state index contributed by atoms with van der Waals surface area (Å²) in [6, 6.07) is 5.52. The fraction of sp³-hybridized carbons (Fsp3) is 0.357. The van der Waals surface area contributed by atoms with Crippen molar-refractivity contribution in [2.24, 2.45) is 5.84 Å². The summed E-state index contributed by atoms with van der Waals surface area (Å²) in [6.07, 6.45) is 1.69. The first-order valence-electron chi connectivity index (χ1n) is 6.55. The topological polar surface area (TPSA) is 74.3 Å². The monoisotopic (exact) mass is 354 g/mol. The fourth-order valence-corrected chi connectivity index (χ4v) is 2.66. The van der Waals surface area contributed by atoms with Gasteiger partial charge in [0.1, 0.15) is 11.4 Å². The van der Waals surface area contributed by atoms with Crippen molar-refractivity contribution in [3.63, 3.8) is 0 Å². The molecule has 3 N–H and O–H groups in total. The Morgan fingerprint density at radius 1 is 1.33 bits per heavy atom. The van der Waals surface area contributed by atoms with Gasteiger partial charge in [0.25, 0.3) is 0 Å². The number of halogens is 1. The van der Waals surface area contributed by atoms with Crippen LogP contribution in [-0.2, 0) is 6.54 Å². The Hall–Kier alpha value is -1.57. The van der Waals surface area contributed by atoms with Gasteiger partial charge in [-0.15, -0.1) is 0 Å². The van der Waals surface area contributed by atoms with Gasteiger partial charge in [0, 0.05) is 16.6 Å². The highest BCUT2D eigenvalue weighted by Gasteiger charge is 2.25. The molecule has 1 atom stereocenters. The minimum absolute atomic E-state index is 0.287. The molecule has 0 radical (unpaired) electrons. The molecule has 0 saturated carbocycles. The maximum absolute atomic E-state index is 5.79. The standard InChI is InChI=1S/C14H19BrN4O2/c1-4-19-14(12(21-3)8-17-19)13(18-16)10-6-5-9(15)7-11(10)20-2/h5-8,13,18H,4,16H2,1-3H3. The summed E-state index contributed by atoms with van der Waals surface area (Å²) in [4.78, 5) is 0. The second kappa shape index (κ2) is 6.93. The quantitative estimate of drug-likeness (QED) is 0.614. The van der Waals surface area contributed by atoms with E-state index in [-0.39, 0.29) is 6.04 Å². The fourth-order valence-electron chi connectivity index (χ4n) is 2.32. The van der Waals surface area contributed by atoms with Crippen molar-refractivity contribution < 1.29 is 9.47 Å². The van der Waals surface area contributed by atoms with E-state index < -0.39 is 0 Å². The summed E-state index contributed by atoms with van der Waals surface area (Å²) >= 11 is 3.44. The molecule has 2 aromatic rings. The minimum Gasteiger partial charge on any atom is -0.496 e. The van der Waals surface area contributed by atoms with Gasteiger partial charge >= 0.3 is 0 Å². The Balaban J connectivity index is 2.57. The molecule has 0 aliphatic heterocycles. The molecule has 21 heavy (non-hydrogen) atoms. The van der Waals surface area contributed by atoms with Gasteiger partial charge in [-0.3, -0.25) is 10.5 Å². The number of hydrogen-bond donors (Lipinski definition) is 2. The van der Waals surface area contributed by atoms with Crippen molar-refractivity contribution in [2.75, 3.05) is 14.2 Å². The van der Waals surface area contributed by atoms with Crippen molar-refractivity contribution in [2.45, 2.75) is 19.5 Å². The van der Waals surface area contributed by atoms with Crippen molar-refractivity contribution in [1.82, 2.24) is 15.2 Å². The van der Waals surface area contributed by atoms with Crippen molar-refractivity contribution in [1.29, 1.82) is 0 Å². The van der Waals surface area contributed by atoms with Gasteiger partial charge in [0.05, 0.1) is 26.5 Å². The summed E-state index contributed by atoms with van der Waals surface area (Å²) < 4.78 is 13.7. The molecule has 0 aliphatic rings. The Labute approximate surface area is 132 Å². The summed E-state index contributed by atoms with van der Waals surface area (Å²) in [6.45, 7) is 2.73. The third-order valence-corrected chi connectivity index (χ3v) is 3.80. The van der Waals surface area contributed by atoms with E-state index in [1.807, 2.05) is 29.8 Å². The number of aromatic nitrogens is 2. The number of ether oxygens (including phenoxy) is 2. The lowest BCUT2D eigenvalue weighted by Gasteiger charge is -2.21. The van der Waals surface area contributed by atoms with E-state index in [0.717, 1.165) is 28.0 Å². The predicted molar refractivity (Wildman–Crippen MR) is 84.3 cm³/mol. The first-order chi connectivity index (χ1) is 10.2. The summed E-state index contributed by atoms with van der Waals surface area (Å²) in [5.41, 5.74) is 4.61. The first kappa shape index (κ1) is 15.8. The number of nitrogens with zero attached hydrogens (tertiary/aromatic N) is 2. The van der Waals surface area contributed by atoms with Crippen molar-refractivity contribution >= 4 is 15.9 Å². The lowest BCUT2D eigenvalue weighted by Crippen LogP contribution is -2.31. The highest BCUT2D eigenvalue weighted by atomic mass is 79.9. The van der Waals surface area contributed by atoms with Crippen LogP contribution in [0.15, 0.2) is 28.9 Å². The molecule has 0 saturated heterocycles. The van der Waals surface area contributed by atoms with E-state index in [2.05, 4.69) is 26.5 Å². The molecule has 2 rings (SSSR count). The van der Waals surface area contributed by atoms with Crippen LogP contribution in [0.1, 0.15) is 24.2 Å². The summed E-state index contributed by atoms with van der Waals surface area (Å²) in [7, 11) is 3.25. The second-order valence-electron chi connectivity index (χ2n) is 4.40. The molecule has 0 spiro atoms. The molecule has 0 fully saturated rings. The smallest absolute Gasteiger partial charge is 0.161 e. The molecule has 6 nitrogen and oxygen atoms in total. The highest BCUT2D eigenvalue weighted by molar-refractivity contribution is 9.10. The average molecular weight is 355 g/mol. The molecular weight excluding hydrogens is 336 g/mol. The van der Waals surface area contributed by atoms with Crippen LogP contribution in [0.5, 0.6) is 11.5 Å². The maximum Gasteiger partial charge on any atom is 0.161 e. The second-order valence-corrected chi connectivity index (χ2v) is 5.32. The molecule has 114 valence electrons. The van der Waals surface area contributed by atoms with Gasteiger partial charge in [-0.1, -0.05) is 22.0 Å². The van der Waals surface area contributed by atoms with Gasteiger partial charge in [0.15, 0.2) is 5.75 Å². The van der Waals surface area contributed by atoms with Gasteiger partial charge in [-0.2, -0.15) is 5.10 Å². The number of nitrogens with one attached hydrogen (secondary N) is 1. The van der Waals surface area contributed by atoms with Crippen LogP contribution in [0.3, 0.4) is 0 Å². The lowest BCUT2D eigenvalue weighted by atomic mass is 10.0. The van der Waals surface area contributed by atoms with E-state index in [1.54, 1.807) is 20.4 Å². The zero-order valence-electron chi connectivity index (χ0n) is 12.3. The highest BCUT2D eigenvalue weighted by Crippen LogP contribution is 2.35. The Bertz CT molecular complexity index is 594. The van der Waals surface area contributed by atoms with E-state index in [4.69, 9.17) is 15.3 Å². The SMILES string of the molecule is CCn1ncc(OC)c1C(NN)c1ccc(Br)cc1OC. The molecular formula is C14H19BrN4O2. The molecule has 0 aliphatic carbocycles. The lowest BCUT2D eigenvalue weighted by molar-refractivity contribution is 0.388. The normalized spacial score (nSPS) is 12.2. The van der Waals surface area contributed by atoms with Crippen LogP contribution in [0.25, 0.3) is 0 Å². The van der Waals surface area contributed by atoms with Crippen molar-refractivity contribution in [3.8, 4) is 11.5 Å². The van der Waals surface area contributed by atoms with Crippen LogP contribution in [0.2, 0.25) is 0 Å². The largest absolute Gasteiger partial charge is 0.496 e. The first-order valence-corrected chi connectivity index (χ1v) is 7.34. The molecule has 1 heterocycles. The number of rotatable bonds is 6. The predicted octanol–water partition coefficient (Wildman–Crippen LogP) is 2.24. The number of nitrogens with two attached hydrogens (primary N) is 1. The number of aryl methyl sites for hydroxylation is 1. The zero-order chi connectivity index (χ0) is 15.4. The minimum atomic E-state index is -0.287. The average Bonchev–Trinajstić information content (AvgIpc) is 2.92. The van der Waals surface area contributed by atoms with Crippen LogP contribution in [0, 0.1) is 0 Å². The Kier molecular flexibility index (Phi) is 5.22. The zero-order valence-corrected chi connectivity index (χ0v) is 13.8. The molecule has 1 aromatic heterocycles. The summed E-state index contributed by atoms with van der Waals surface area (Å²) in [5.74, 6) is 7.21. The maximum atomic E-state index is 5.79. The molecule has 1 aromatic carbocycles. The van der Waals surface area contributed by atoms with Gasteiger partial charge < -0.3 is 9.47 Å². The Morgan fingerprint density at radius 3 is 2.62 bits per heavy atom. The third kappa shape index (κ3) is 3.04. The molecule has 7 heteroatoms. The molecule has 0 amide bonds. The van der Waals surface area contributed by atoms with E-state index in [0.29, 0.717) is 5.75 Å². The number of benzene rings is 1. The van der Waals surface area contributed by atoms with Crippen LogP contribution in [-0.4, -0.2) is 24.0 Å². The van der Waals surface area contributed by atoms with Gasteiger partial charge in [0.2, 0.25) is 0 Å². The Morgan fingerprint density at radius 2 is 2.05 bits per heavy atom. The number of hydrazine groups is 1. The summed E-state index contributed by atoms with van der Waals surface area (Å²) in [5, 5.41) is 4.32. The van der Waals surface area contributed by atoms with Crippen molar-refractivity contribution in [3.05, 3.63) is 40.1 Å². The molecule has 0 bridgehead atoms. The number of methoxy groups -OCH3 is 2. The van der Waals surface area contributed by atoms with E-state index in [9.17, 15) is 0 Å². The number of hydrogen-bond acceptors (Lipinski definition) is 5. The van der Waals surface area contributed by atoms with Crippen LogP contribution < -0.4 is 20.7 Å². The van der Waals surface area contributed by atoms with E-state index in [1.165, 1.54) is 0 Å². The van der Waals surface area contributed by atoms with Crippen LogP contribution >= 0.6 is 15.9 Å².